The predicted molar refractivity (Wildman–Crippen MR) is 50.0 cm³/mol. The summed E-state index contributed by atoms with van der Waals surface area (Å²) in [7, 11) is 1.74. The molecule has 2 N–H and O–H groups in total. The van der Waals surface area contributed by atoms with Crippen LogP contribution in [0.2, 0.25) is 0 Å². The van der Waals surface area contributed by atoms with E-state index in [-0.39, 0.29) is 18.5 Å². The Bertz CT molecular complexity index is 284. The van der Waals surface area contributed by atoms with Crippen LogP contribution in [0.25, 0.3) is 0 Å². The maximum absolute atomic E-state index is 12.9. The van der Waals surface area contributed by atoms with Crippen LogP contribution in [-0.2, 0) is 0 Å². The lowest BCUT2D eigenvalue weighted by atomic mass is 10.0. The van der Waals surface area contributed by atoms with E-state index in [1.807, 2.05) is 6.92 Å². The summed E-state index contributed by atoms with van der Waals surface area (Å²) in [6, 6.07) is 4.40. The molecule has 2 nitrogen and oxygen atoms in total. The van der Waals surface area contributed by atoms with Gasteiger partial charge in [-0.3, -0.25) is 0 Å². The van der Waals surface area contributed by atoms with E-state index in [9.17, 15) is 4.39 Å². The van der Waals surface area contributed by atoms with E-state index in [4.69, 9.17) is 5.11 Å². The molecule has 0 fully saturated rings. The van der Waals surface area contributed by atoms with Crippen LogP contribution in [0.3, 0.4) is 0 Å². The molecule has 13 heavy (non-hydrogen) atoms. The van der Waals surface area contributed by atoms with Gasteiger partial charge in [0.05, 0.1) is 12.6 Å². The number of aliphatic hydroxyl groups excluding tert-OH is 1. The van der Waals surface area contributed by atoms with Gasteiger partial charge in [0.1, 0.15) is 5.82 Å². The molecule has 0 bridgehead atoms. The molecule has 0 spiro atoms. The summed E-state index contributed by atoms with van der Waals surface area (Å²) in [5, 5.41) is 11.9. The monoisotopic (exact) mass is 183 g/mol. The molecule has 0 unspecified atom stereocenters. The van der Waals surface area contributed by atoms with Crippen LogP contribution in [0.15, 0.2) is 18.2 Å². The molecule has 0 saturated heterocycles. The second-order valence-corrected chi connectivity index (χ2v) is 3.02. The molecule has 72 valence electrons. The zero-order valence-electron chi connectivity index (χ0n) is 7.84. The summed E-state index contributed by atoms with van der Waals surface area (Å²) in [5.74, 6) is -0.269. The third kappa shape index (κ3) is 2.26. The van der Waals surface area contributed by atoms with Crippen molar-refractivity contribution in [3.05, 3.63) is 35.1 Å². The van der Waals surface area contributed by atoms with Gasteiger partial charge >= 0.3 is 0 Å². The highest BCUT2D eigenvalue weighted by atomic mass is 19.1. The highest BCUT2D eigenvalue weighted by molar-refractivity contribution is 5.29. The van der Waals surface area contributed by atoms with Gasteiger partial charge in [-0.05, 0) is 37.2 Å². The van der Waals surface area contributed by atoms with Crippen molar-refractivity contribution >= 4 is 0 Å². The largest absolute Gasteiger partial charge is 0.394 e. The topological polar surface area (TPSA) is 32.3 Å². The predicted octanol–water partition coefficient (Wildman–Crippen LogP) is 1.39. The van der Waals surface area contributed by atoms with Crippen molar-refractivity contribution in [3.8, 4) is 0 Å². The highest BCUT2D eigenvalue weighted by Crippen LogP contribution is 2.17. The van der Waals surface area contributed by atoms with Crippen LogP contribution in [0.5, 0.6) is 0 Å². The number of hydrogen-bond acceptors (Lipinski definition) is 2. The number of hydrogen-bond donors (Lipinski definition) is 2. The minimum atomic E-state index is -0.269. The molecule has 3 heteroatoms. The Morgan fingerprint density at radius 1 is 1.54 bits per heavy atom. The lowest BCUT2D eigenvalue weighted by Crippen LogP contribution is -2.21. The molecule has 1 atom stereocenters. The fourth-order valence-electron chi connectivity index (χ4n) is 1.33. The first-order valence-electron chi connectivity index (χ1n) is 4.23. The smallest absolute Gasteiger partial charge is 0.123 e. The van der Waals surface area contributed by atoms with Crippen LogP contribution >= 0.6 is 0 Å². The lowest BCUT2D eigenvalue weighted by molar-refractivity contribution is 0.250. The van der Waals surface area contributed by atoms with Crippen molar-refractivity contribution in [1.82, 2.24) is 5.32 Å². The second-order valence-electron chi connectivity index (χ2n) is 3.02. The van der Waals surface area contributed by atoms with Gasteiger partial charge in [-0.15, -0.1) is 0 Å². The Morgan fingerprint density at radius 2 is 2.23 bits per heavy atom. The normalized spacial score (nSPS) is 12.9. The third-order valence-corrected chi connectivity index (χ3v) is 2.15. The van der Waals surface area contributed by atoms with Crippen LogP contribution in [-0.4, -0.2) is 18.8 Å². The first kappa shape index (κ1) is 10.2. The quantitative estimate of drug-likeness (QED) is 0.742. The molecule has 0 aliphatic rings. The van der Waals surface area contributed by atoms with Gasteiger partial charge in [-0.2, -0.15) is 0 Å². The number of aryl methyl sites for hydroxylation is 1. The standard InChI is InChI=1S/C10H14FNO/c1-7-3-4-8(11)5-9(7)10(6-13)12-2/h3-5,10,12-13H,6H2,1-2H3/t10-/m1/s1. The van der Waals surface area contributed by atoms with Gasteiger partial charge in [-0.1, -0.05) is 6.07 Å². The van der Waals surface area contributed by atoms with Gasteiger partial charge in [0.15, 0.2) is 0 Å². The van der Waals surface area contributed by atoms with Gasteiger partial charge in [-0.25, -0.2) is 4.39 Å². The first-order valence-corrected chi connectivity index (χ1v) is 4.23. The summed E-state index contributed by atoms with van der Waals surface area (Å²) in [6.07, 6.45) is 0. The van der Waals surface area contributed by atoms with Crippen molar-refractivity contribution in [2.75, 3.05) is 13.7 Å². The van der Waals surface area contributed by atoms with Gasteiger partial charge in [0, 0.05) is 0 Å². The van der Waals surface area contributed by atoms with Crippen molar-refractivity contribution in [2.45, 2.75) is 13.0 Å². The average Bonchev–Trinajstić information content (AvgIpc) is 2.13. The number of benzene rings is 1. The molecule has 0 aliphatic heterocycles. The maximum atomic E-state index is 12.9. The molecule has 1 aromatic carbocycles. The van der Waals surface area contributed by atoms with E-state index in [1.165, 1.54) is 12.1 Å². The molecule has 0 radical (unpaired) electrons. The summed E-state index contributed by atoms with van der Waals surface area (Å²) >= 11 is 0. The number of likely N-dealkylation sites (N-methyl/N-ethyl adjacent to an activating group) is 1. The van der Waals surface area contributed by atoms with Crippen LogP contribution < -0.4 is 5.32 Å². The lowest BCUT2D eigenvalue weighted by Gasteiger charge is -2.15. The SMILES string of the molecule is CN[C@H](CO)c1cc(F)ccc1C. The van der Waals surface area contributed by atoms with Gasteiger partial charge in [0.2, 0.25) is 0 Å². The minimum Gasteiger partial charge on any atom is -0.394 e. The Labute approximate surface area is 77.4 Å². The van der Waals surface area contributed by atoms with Crippen LogP contribution in [0.4, 0.5) is 4.39 Å². The van der Waals surface area contributed by atoms with E-state index in [0.717, 1.165) is 11.1 Å². The van der Waals surface area contributed by atoms with Crippen LogP contribution in [0, 0.1) is 12.7 Å². The number of aliphatic hydroxyl groups is 1. The summed E-state index contributed by atoms with van der Waals surface area (Å²) in [5.41, 5.74) is 1.79. The van der Waals surface area contributed by atoms with Gasteiger partial charge < -0.3 is 10.4 Å². The Kier molecular flexibility index (Phi) is 3.39. The zero-order valence-corrected chi connectivity index (χ0v) is 7.84. The summed E-state index contributed by atoms with van der Waals surface area (Å²) < 4.78 is 12.9. The van der Waals surface area contributed by atoms with Crippen LogP contribution in [0.1, 0.15) is 17.2 Å². The summed E-state index contributed by atoms with van der Waals surface area (Å²) in [6.45, 7) is 1.87. The molecular formula is C10H14FNO. The number of halogens is 1. The van der Waals surface area contributed by atoms with Crippen molar-refractivity contribution in [2.24, 2.45) is 0 Å². The van der Waals surface area contributed by atoms with E-state index >= 15 is 0 Å². The molecule has 0 amide bonds. The molecule has 0 aromatic heterocycles. The van der Waals surface area contributed by atoms with E-state index in [1.54, 1.807) is 13.1 Å². The van der Waals surface area contributed by atoms with E-state index in [2.05, 4.69) is 5.32 Å². The molecule has 0 heterocycles. The highest BCUT2D eigenvalue weighted by Gasteiger charge is 2.10. The maximum Gasteiger partial charge on any atom is 0.123 e. The summed E-state index contributed by atoms with van der Waals surface area (Å²) in [4.78, 5) is 0. The van der Waals surface area contributed by atoms with E-state index in [0.29, 0.717) is 0 Å². The molecular weight excluding hydrogens is 169 g/mol. The number of rotatable bonds is 3. The van der Waals surface area contributed by atoms with E-state index < -0.39 is 0 Å². The van der Waals surface area contributed by atoms with Crippen molar-refractivity contribution in [3.63, 3.8) is 0 Å². The molecule has 0 aliphatic carbocycles. The fourth-order valence-corrected chi connectivity index (χ4v) is 1.33. The number of nitrogens with one attached hydrogen (secondary N) is 1. The zero-order chi connectivity index (χ0) is 9.84. The minimum absolute atomic E-state index is 0.0270. The Balaban J connectivity index is 3.03. The molecule has 0 saturated carbocycles. The van der Waals surface area contributed by atoms with Crippen molar-refractivity contribution in [1.29, 1.82) is 0 Å². The van der Waals surface area contributed by atoms with Gasteiger partial charge in [0.25, 0.3) is 0 Å². The van der Waals surface area contributed by atoms with Crippen molar-refractivity contribution < 1.29 is 9.50 Å². The first-order chi connectivity index (χ1) is 6.19. The second kappa shape index (κ2) is 4.35. The Hall–Kier alpha value is -0.930. The molecule has 1 aromatic rings. The Morgan fingerprint density at radius 3 is 2.77 bits per heavy atom. The molecule has 1 rings (SSSR count). The third-order valence-electron chi connectivity index (χ3n) is 2.15. The fraction of sp³-hybridized carbons (Fsp3) is 0.400. The average molecular weight is 183 g/mol.